The van der Waals surface area contributed by atoms with Crippen molar-refractivity contribution in [1.29, 1.82) is 0 Å². The molecule has 0 radical (unpaired) electrons. The summed E-state index contributed by atoms with van der Waals surface area (Å²) in [5.74, 6) is 0.0597. The number of hydrogen-bond acceptors (Lipinski definition) is 4. The minimum atomic E-state index is -3.20. The maximum absolute atomic E-state index is 13.1. The Labute approximate surface area is 122 Å². The second-order valence-electron chi connectivity index (χ2n) is 5.26. The molecule has 3 N–H and O–H groups in total. The van der Waals surface area contributed by atoms with E-state index in [-0.39, 0.29) is 17.4 Å². The van der Waals surface area contributed by atoms with Crippen molar-refractivity contribution in [1.82, 2.24) is 10.2 Å². The number of nitrogen functional groups attached to an aromatic ring is 1. The van der Waals surface area contributed by atoms with Crippen LogP contribution in [0.1, 0.15) is 30.2 Å². The lowest BCUT2D eigenvalue weighted by molar-refractivity contribution is 0.542. The minimum Gasteiger partial charge on any atom is -0.382 e. The molecule has 2 aromatic rings. The smallest absolute Gasteiger partial charge is 0.158 e. The highest BCUT2D eigenvalue weighted by Crippen LogP contribution is 2.39. The van der Waals surface area contributed by atoms with Gasteiger partial charge in [0.15, 0.2) is 15.7 Å². The van der Waals surface area contributed by atoms with E-state index in [4.69, 9.17) is 5.73 Å². The van der Waals surface area contributed by atoms with E-state index in [1.54, 1.807) is 12.1 Å². The molecule has 112 valence electrons. The molecule has 0 bridgehead atoms. The van der Waals surface area contributed by atoms with Crippen LogP contribution in [-0.2, 0) is 9.84 Å². The summed E-state index contributed by atoms with van der Waals surface area (Å²) in [5, 5.41) is 6.10. The van der Waals surface area contributed by atoms with Crippen molar-refractivity contribution >= 4 is 15.7 Å². The van der Waals surface area contributed by atoms with Crippen LogP contribution in [0.25, 0.3) is 11.1 Å². The van der Waals surface area contributed by atoms with Crippen LogP contribution in [0.4, 0.5) is 10.2 Å². The Morgan fingerprint density at radius 1 is 1.24 bits per heavy atom. The number of aromatic amines is 1. The number of nitrogens with one attached hydrogen (secondary N) is 1. The first-order valence-electron chi connectivity index (χ1n) is 6.80. The average molecular weight is 309 g/mol. The van der Waals surface area contributed by atoms with Crippen molar-refractivity contribution in [2.75, 3.05) is 11.5 Å². The highest BCUT2D eigenvalue weighted by atomic mass is 32.2. The standard InChI is InChI=1S/C14H16FN3O2S/c15-10-6-4-9(5-7-10)12-13(17-18-14(12)16)11-3-1-2-8-21(11,19)20/h4-7,11H,1-3,8H2,(H3,16,17,18). The molecule has 1 aliphatic rings. The van der Waals surface area contributed by atoms with Crippen LogP contribution < -0.4 is 5.73 Å². The molecule has 0 saturated carbocycles. The van der Waals surface area contributed by atoms with Crippen molar-refractivity contribution in [2.45, 2.75) is 24.5 Å². The molecule has 2 heterocycles. The Hall–Kier alpha value is -1.89. The largest absolute Gasteiger partial charge is 0.382 e. The fraction of sp³-hybridized carbons (Fsp3) is 0.357. The summed E-state index contributed by atoms with van der Waals surface area (Å²) < 4.78 is 37.6. The summed E-state index contributed by atoms with van der Waals surface area (Å²) in [6.45, 7) is 0. The van der Waals surface area contributed by atoms with E-state index in [1.165, 1.54) is 12.1 Å². The zero-order valence-electron chi connectivity index (χ0n) is 11.3. The topological polar surface area (TPSA) is 88.8 Å². The monoisotopic (exact) mass is 309 g/mol. The van der Waals surface area contributed by atoms with Crippen molar-refractivity contribution < 1.29 is 12.8 Å². The van der Waals surface area contributed by atoms with Crippen molar-refractivity contribution in [3.05, 3.63) is 35.8 Å². The highest BCUT2D eigenvalue weighted by molar-refractivity contribution is 7.91. The van der Waals surface area contributed by atoms with Crippen molar-refractivity contribution in [3.8, 4) is 11.1 Å². The second kappa shape index (κ2) is 5.14. The molecule has 1 fully saturated rings. The summed E-state index contributed by atoms with van der Waals surface area (Å²) in [6.07, 6.45) is 2.10. The van der Waals surface area contributed by atoms with Crippen LogP contribution >= 0.6 is 0 Å². The molecule has 1 unspecified atom stereocenters. The number of aromatic nitrogens is 2. The molecule has 3 rings (SSSR count). The molecule has 1 aliphatic heterocycles. The quantitative estimate of drug-likeness (QED) is 0.891. The highest BCUT2D eigenvalue weighted by Gasteiger charge is 2.34. The number of benzene rings is 1. The molecular formula is C14H16FN3O2S. The van der Waals surface area contributed by atoms with Crippen LogP contribution in [0.3, 0.4) is 0 Å². The zero-order valence-corrected chi connectivity index (χ0v) is 12.2. The maximum atomic E-state index is 13.1. The summed E-state index contributed by atoms with van der Waals surface area (Å²) in [7, 11) is -3.20. The first-order valence-corrected chi connectivity index (χ1v) is 8.52. The zero-order chi connectivity index (χ0) is 15.0. The van der Waals surface area contributed by atoms with Crippen molar-refractivity contribution in [2.24, 2.45) is 0 Å². The first kappa shape index (κ1) is 14.1. The van der Waals surface area contributed by atoms with Gasteiger partial charge in [-0.2, -0.15) is 5.10 Å². The first-order chi connectivity index (χ1) is 9.99. The van der Waals surface area contributed by atoms with E-state index >= 15 is 0 Å². The molecule has 1 saturated heterocycles. The van der Waals surface area contributed by atoms with E-state index in [9.17, 15) is 12.8 Å². The van der Waals surface area contributed by atoms with Gasteiger partial charge in [0.2, 0.25) is 0 Å². The maximum Gasteiger partial charge on any atom is 0.158 e. The third-order valence-corrected chi connectivity index (χ3v) is 6.05. The van der Waals surface area contributed by atoms with Gasteiger partial charge < -0.3 is 5.73 Å². The molecule has 0 amide bonds. The third-order valence-electron chi connectivity index (χ3n) is 3.86. The summed E-state index contributed by atoms with van der Waals surface area (Å²) in [6, 6.07) is 5.80. The molecule has 1 aromatic carbocycles. The van der Waals surface area contributed by atoms with Gasteiger partial charge in [-0.05, 0) is 30.5 Å². The minimum absolute atomic E-state index is 0.180. The normalized spacial score (nSPS) is 21.3. The SMILES string of the molecule is Nc1n[nH]c(C2CCCCS2(=O)=O)c1-c1ccc(F)cc1. The molecule has 0 aliphatic carbocycles. The Bertz CT molecular complexity index is 753. The molecule has 0 spiro atoms. The number of halogens is 1. The van der Waals surface area contributed by atoms with Gasteiger partial charge in [-0.1, -0.05) is 18.6 Å². The predicted molar refractivity (Wildman–Crippen MR) is 78.8 cm³/mol. The molecule has 7 heteroatoms. The van der Waals surface area contributed by atoms with Gasteiger partial charge in [0.05, 0.1) is 11.4 Å². The fourth-order valence-corrected chi connectivity index (χ4v) is 4.75. The number of rotatable bonds is 2. The van der Waals surface area contributed by atoms with Gasteiger partial charge in [-0.15, -0.1) is 0 Å². The van der Waals surface area contributed by atoms with Crippen LogP contribution in [-0.4, -0.2) is 24.4 Å². The molecule has 21 heavy (non-hydrogen) atoms. The summed E-state index contributed by atoms with van der Waals surface area (Å²) in [4.78, 5) is 0. The van der Waals surface area contributed by atoms with Gasteiger partial charge in [-0.3, -0.25) is 5.10 Å². The summed E-state index contributed by atoms with van der Waals surface area (Å²) in [5.41, 5.74) is 7.61. The van der Waals surface area contributed by atoms with E-state index in [1.807, 2.05) is 0 Å². The number of hydrogen-bond donors (Lipinski definition) is 2. The lowest BCUT2D eigenvalue weighted by Gasteiger charge is -2.22. The van der Waals surface area contributed by atoms with Gasteiger partial charge in [0, 0.05) is 5.56 Å². The van der Waals surface area contributed by atoms with E-state index in [2.05, 4.69) is 10.2 Å². The Balaban J connectivity index is 2.11. The lowest BCUT2D eigenvalue weighted by atomic mass is 10.0. The molecular weight excluding hydrogens is 293 g/mol. The fourth-order valence-electron chi connectivity index (χ4n) is 2.80. The second-order valence-corrected chi connectivity index (χ2v) is 7.56. The van der Waals surface area contributed by atoms with Crippen molar-refractivity contribution in [3.63, 3.8) is 0 Å². The third kappa shape index (κ3) is 2.53. The van der Waals surface area contributed by atoms with Gasteiger partial charge in [-0.25, -0.2) is 12.8 Å². The van der Waals surface area contributed by atoms with Crippen LogP contribution in [0.2, 0.25) is 0 Å². The van der Waals surface area contributed by atoms with E-state index in [0.717, 1.165) is 6.42 Å². The van der Waals surface area contributed by atoms with Crippen LogP contribution in [0.5, 0.6) is 0 Å². The predicted octanol–water partition coefficient (Wildman–Crippen LogP) is 2.44. The lowest BCUT2D eigenvalue weighted by Crippen LogP contribution is -2.22. The number of anilines is 1. The van der Waals surface area contributed by atoms with Gasteiger partial charge in [0.1, 0.15) is 11.1 Å². The Kier molecular flexibility index (Phi) is 3.44. The van der Waals surface area contributed by atoms with Crippen LogP contribution in [0.15, 0.2) is 24.3 Å². The van der Waals surface area contributed by atoms with Crippen LogP contribution in [0, 0.1) is 5.82 Å². The molecule has 1 atom stereocenters. The molecule has 5 nitrogen and oxygen atoms in total. The number of sulfone groups is 1. The molecule has 1 aromatic heterocycles. The number of nitrogens with zero attached hydrogens (tertiary/aromatic N) is 1. The average Bonchev–Trinajstić information content (AvgIpc) is 2.81. The summed E-state index contributed by atoms with van der Waals surface area (Å²) >= 11 is 0. The Morgan fingerprint density at radius 2 is 1.95 bits per heavy atom. The van der Waals surface area contributed by atoms with E-state index < -0.39 is 15.1 Å². The van der Waals surface area contributed by atoms with Gasteiger partial charge >= 0.3 is 0 Å². The Morgan fingerprint density at radius 3 is 2.62 bits per heavy atom. The van der Waals surface area contributed by atoms with E-state index in [0.29, 0.717) is 29.7 Å². The number of nitrogens with two attached hydrogens (primary N) is 1. The number of H-pyrrole nitrogens is 1. The van der Waals surface area contributed by atoms with Gasteiger partial charge in [0.25, 0.3) is 0 Å².